The molecule has 3 aromatic carbocycles. The summed E-state index contributed by atoms with van der Waals surface area (Å²) in [5.74, 6) is -0.864. The van der Waals surface area contributed by atoms with Gasteiger partial charge in [0.05, 0.1) is 23.2 Å². The predicted octanol–water partition coefficient (Wildman–Crippen LogP) is 5.26. The molecule has 9 nitrogen and oxygen atoms in total. The van der Waals surface area contributed by atoms with Gasteiger partial charge in [-0.05, 0) is 75.0 Å². The number of ether oxygens (including phenoxy) is 2. The van der Waals surface area contributed by atoms with Crippen molar-refractivity contribution in [2.75, 3.05) is 62.5 Å². The molecule has 0 spiro atoms. The van der Waals surface area contributed by atoms with Gasteiger partial charge in [-0.2, -0.15) is 5.10 Å². The van der Waals surface area contributed by atoms with Crippen LogP contribution in [0, 0.1) is 11.6 Å². The smallest absolute Gasteiger partial charge is 0.258 e. The fourth-order valence-electron chi connectivity index (χ4n) is 5.07. The van der Waals surface area contributed by atoms with Crippen LogP contribution in [0.25, 0.3) is 10.9 Å². The van der Waals surface area contributed by atoms with E-state index >= 15 is 0 Å². The van der Waals surface area contributed by atoms with Gasteiger partial charge in [-0.1, -0.05) is 0 Å². The number of benzene rings is 3. The maximum Gasteiger partial charge on any atom is 0.258 e. The van der Waals surface area contributed by atoms with Gasteiger partial charge in [0.15, 0.2) is 5.82 Å². The van der Waals surface area contributed by atoms with Crippen molar-refractivity contribution in [1.29, 1.82) is 0 Å². The second-order valence-corrected chi connectivity index (χ2v) is 11.3. The van der Waals surface area contributed by atoms with Gasteiger partial charge in [0, 0.05) is 56.1 Å². The van der Waals surface area contributed by atoms with E-state index in [0.29, 0.717) is 45.9 Å². The highest BCUT2D eigenvalue weighted by molar-refractivity contribution is 6.11. The van der Waals surface area contributed by atoms with Crippen molar-refractivity contribution in [2.45, 2.75) is 26.0 Å². The molecule has 1 aromatic heterocycles. The molecule has 1 saturated heterocycles. The zero-order valence-electron chi connectivity index (χ0n) is 24.3. The minimum Gasteiger partial charge on any atom is -0.489 e. The first-order chi connectivity index (χ1) is 20.1. The van der Waals surface area contributed by atoms with E-state index < -0.39 is 17.2 Å². The molecule has 1 aliphatic rings. The number of nitrogens with zero attached hydrogens (tertiary/aromatic N) is 3. The number of carbonyl (C=O) groups is 1. The Hall–Kier alpha value is -4.22. The molecule has 0 saturated carbocycles. The van der Waals surface area contributed by atoms with E-state index in [1.807, 2.05) is 32.0 Å². The van der Waals surface area contributed by atoms with Crippen LogP contribution in [0.3, 0.4) is 0 Å². The number of halogens is 2. The minimum atomic E-state index is -0.667. The number of H-pyrrole nitrogens is 1. The van der Waals surface area contributed by atoms with Crippen LogP contribution in [0.4, 0.5) is 26.0 Å². The number of piperazine rings is 1. The molecule has 1 aliphatic heterocycles. The van der Waals surface area contributed by atoms with E-state index in [-0.39, 0.29) is 12.5 Å². The largest absolute Gasteiger partial charge is 0.489 e. The Morgan fingerprint density at radius 2 is 1.76 bits per heavy atom. The number of carbonyl (C=O) groups excluding carboxylic acids is 1. The summed E-state index contributed by atoms with van der Waals surface area (Å²) >= 11 is 0. The molecule has 3 N–H and O–H groups in total. The normalized spacial score (nSPS) is 14.3. The summed E-state index contributed by atoms with van der Waals surface area (Å²) in [5, 5.41) is 14.3. The lowest BCUT2D eigenvalue weighted by atomic mass is 10.0. The number of methoxy groups -OCH3 is 1. The quantitative estimate of drug-likeness (QED) is 0.236. The predicted molar refractivity (Wildman–Crippen MR) is 160 cm³/mol. The van der Waals surface area contributed by atoms with Gasteiger partial charge in [-0.15, -0.1) is 0 Å². The van der Waals surface area contributed by atoms with Crippen molar-refractivity contribution in [3.05, 3.63) is 77.4 Å². The maximum absolute atomic E-state index is 13.7. The summed E-state index contributed by atoms with van der Waals surface area (Å²) in [4.78, 5) is 18.3. The first kappa shape index (κ1) is 29.3. The highest BCUT2D eigenvalue weighted by atomic mass is 19.1. The number of anilines is 3. The molecule has 0 radical (unpaired) electrons. The topological polar surface area (TPSA) is 94.8 Å². The van der Waals surface area contributed by atoms with E-state index in [0.717, 1.165) is 37.9 Å². The fraction of sp³-hybridized carbons (Fsp3) is 0.355. The molecule has 222 valence electrons. The third kappa shape index (κ3) is 6.97. The second kappa shape index (κ2) is 12.3. The summed E-state index contributed by atoms with van der Waals surface area (Å²) in [6, 6.07) is 14.3. The van der Waals surface area contributed by atoms with Gasteiger partial charge in [-0.25, -0.2) is 8.78 Å². The molecule has 11 heteroatoms. The molecule has 1 fully saturated rings. The number of fused-ring (bicyclic) bond motifs is 1. The average molecular weight is 579 g/mol. The number of amides is 1. The third-order valence-corrected chi connectivity index (χ3v) is 7.19. The highest BCUT2D eigenvalue weighted by Crippen LogP contribution is 2.30. The Kier molecular flexibility index (Phi) is 8.60. The summed E-state index contributed by atoms with van der Waals surface area (Å²) in [5.41, 5.74) is 2.83. The summed E-state index contributed by atoms with van der Waals surface area (Å²) < 4.78 is 38.3. The molecule has 42 heavy (non-hydrogen) atoms. The number of hydrogen-bond acceptors (Lipinski definition) is 7. The standard InChI is InChI=1S/C31H36F2N6O3/c1-31(2,19-41-4)35-28-16-23(39-11-9-38(3)10-12-39)5-7-25(28)30(40)34-29-26-17-24(6-8-27(26)36-37-29)42-18-20-13-21(32)15-22(33)14-20/h5-8,13-17,35H,9-12,18-19H2,1-4H3,(H2,34,36,37,40). The first-order valence-electron chi connectivity index (χ1n) is 13.8. The van der Waals surface area contributed by atoms with Crippen LogP contribution in [-0.4, -0.2) is 73.5 Å². The van der Waals surface area contributed by atoms with Crippen molar-refractivity contribution < 1.29 is 23.0 Å². The Balaban J connectivity index is 1.38. The van der Waals surface area contributed by atoms with E-state index in [1.165, 1.54) is 12.1 Å². The number of hydrogen-bond donors (Lipinski definition) is 3. The van der Waals surface area contributed by atoms with Crippen LogP contribution < -0.4 is 20.3 Å². The Morgan fingerprint density at radius 1 is 1.02 bits per heavy atom. The van der Waals surface area contributed by atoms with Crippen LogP contribution in [0.5, 0.6) is 5.75 Å². The summed E-state index contributed by atoms with van der Waals surface area (Å²) in [6.45, 7) is 8.20. The van der Waals surface area contributed by atoms with Crippen molar-refractivity contribution in [1.82, 2.24) is 15.1 Å². The number of nitrogens with one attached hydrogen (secondary N) is 3. The van der Waals surface area contributed by atoms with Crippen LogP contribution in [0.1, 0.15) is 29.8 Å². The van der Waals surface area contributed by atoms with Gasteiger partial charge >= 0.3 is 0 Å². The number of likely N-dealkylation sites (N-methyl/N-ethyl adjacent to an activating group) is 1. The molecule has 0 bridgehead atoms. The Morgan fingerprint density at radius 3 is 2.48 bits per heavy atom. The molecule has 0 unspecified atom stereocenters. The lowest BCUT2D eigenvalue weighted by molar-refractivity contribution is 0.102. The molecule has 5 rings (SSSR count). The first-order valence-corrected chi connectivity index (χ1v) is 13.8. The number of aromatic amines is 1. The number of aromatic nitrogens is 2. The van der Waals surface area contributed by atoms with Gasteiger partial charge in [0.1, 0.15) is 24.0 Å². The van der Waals surface area contributed by atoms with Gasteiger partial charge in [-0.3, -0.25) is 9.89 Å². The monoisotopic (exact) mass is 578 g/mol. The molecular formula is C31H36F2N6O3. The molecular weight excluding hydrogens is 542 g/mol. The second-order valence-electron chi connectivity index (χ2n) is 11.3. The average Bonchev–Trinajstić information content (AvgIpc) is 3.33. The van der Waals surface area contributed by atoms with Crippen LogP contribution in [0.15, 0.2) is 54.6 Å². The Bertz CT molecular complexity index is 1550. The van der Waals surface area contributed by atoms with Crippen LogP contribution in [-0.2, 0) is 11.3 Å². The minimum absolute atomic E-state index is 0.0221. The molecule has 4 aromatic rings. The van der Waals surface area contributed by atoms with E-state index in [4.69, 9.17) is 9.47 Å². The SMILES string of the molecule is COCC(C)(C)Nc1cc(N2CCN(C)CC2)ccc1C(=O)Nc1n[nH]c2ccc(OCc3cc(F)cc(F)c3)cc12. The highest BCUT2D eigenvalue weighted by Gasteiger charge is 2.24. The summed E-state index contributed by atoms with van der Waals surface area (Å²) in [7, 11) is 3.76. The third-order valence-electron chi connectivity index (χ3n) is 7.19. The van der Waals surface area contributed by atoms with Crippen molar-refractivity contribution in [3.63, 3.8) is 0 Å². The molecule has 2 heterocycles. The Labute approximate surface area is 243 Å². The van der Waals surface area contributed by atoms with Gasteiger partial charge < -0.3 is 29.9 Å². The maximum atomic E-state index is 13.7. The summed E-state index contributed by atoms with van der Waals surface area (Å²) in [6.07, 6.45) is 0. The lowest BCUT2D eigenvalue weighted by Crippen LogP contribution is -2.44. The zero-order chi connectivity index (χ0) is 29.9. The molecule has 0 aliphatic carbocycles. The van der Waals surface area contributed by atoms with Gasteiger partial charge in [0.2, 0.25) is 0 Å². The van der Waals surface area contributed by atoms with E-state index in [2.05, 4.69) is 37.7 Å². The lowest BCUT2D eigenvalue weighted by Gasteiger charge is -2.35. The van der Waals surface area contributed by atoms with Crippen molar-refractivity contribution in [2.24, 2.45) is 0 Å². The molecule has 1 amide bonds. The van der Waals surface area contributed by atoms with Crippen LogP contribution >= 0.6 is 0 Å². The zero-order valence-corrected chi connectivity index (χ0v) is 24.3. The van der Waals surface area contributed by atoms with Gasteiger partial charge in [0.25, 0.3) is 5.91 Å². The number of rotatable bonds is 10. The fourth-order valence-corrected chi connectivity index (χ4v) is 5.07. The van der Waals surface area contributed by atoms with Crippen molar-refractivity contribution in [3.8, 4) is 5.75 Å². The van der Waals surface area contributed by atoms with E-state index in [1.54, 1.807) is 25.3 Å². The van der Waals surface area contributed by atoms with E-state index in [9.17, 15) is 13.6 Å². The van der Waals surface area contributed by atoms with Crippen molar-refractivity contribution >= 4 is 34.0 Å². The van der Waals surface area contributed by atoms with Crippen LogP contribution in [0.2, 0.25) is 0 Å². The molecule has 0 atom stereocenters.